The van der Waals surface area contributed by atoms with E-state index in [1.54, 1.807) is 0 Å². The van der Waals surface area contributed by atoms with Crippen molar-refractivity contribution < 1.29 is 32.4 Å². The predicted molar refractivity (Wildman–Crippen MR) is 39.2 cm³/mol. The van der Waals surface area contributed by atoms with E-state index in [2.05, 4.69) is 14.7 Å². The standard InChI is InChI=1S/C6H4F3N3O4/c7-6(8,9)5(15)10-1-2-11-3(4(13)14)12-16-2/h1H2,(H,10,15)(H,13,14). The Bertz CT molecular complexity index is 413. The number of nitrogens with zero attached hydrogens (tertiary/aromatic N) is 2. The molecule has 0 aliphatic heterocycles. The fourth-order valence-corrected chi connectivity index (χ4v) is 0.670. The maximum absolute atomic E-state index is 11.7. The second-order valence-corrected chi connectivity index (χ2v) is 2.50. The van der Waals surface area contributed by atoms with Crippen LogP contribution in [0.1, 0.15) is 16.5 Å². The van der Waals surface area contributed by atoms with Crippen molar-refractivity contribution in [2.75, 3.05) is 0 Å². The molecular weight excluding hydrogens is 235 g/mol. The topological polar surface area (TPSA) is 105 Å². The molecule has 16 heavy (non-hydrogen) atoms. The minimum atomic E-state index is -5.02. The van der Waals surface area contributed by atoms with Gasteiger partial charge in [0.1, 0.15) is 0 Å². The van der Waals surface area contributed by atoms with Gasteiger partial charge >= 0.3 is 18.1 Å². The van der Waals surface area contributed by atoms with Crippen LogP contribution in [0.15, 0.2) is 4.52 Å². The average molecular weight is 239 g/mol. The summed E-state index contributed by atoms with van der Waals surface area (Å²) in [7, 11) is 0. The van der Waals surface area contributed by atoms with Gasteiger partial charge in [-0.05, 0) is 5.16 Å². The van der Waals surface area contributed by atoms with Crippen molar-refractivity contribution in [3.63, 3.8) is 0 Å². The third-order valence-corrected chi connectivity index (χ3v) is 1.32. The molecule has 0 saturated heterocycles. The van der Waals surface area contributed by atoms with Gasteiger partial charge in [0.2, 0.25) is 5.89 Å². The van der Waals surface area contributed by atoms with Crippen LogP contribution in [0.25, 0.3) is 0 Å². The van der Waals surface area contributed by atoms with Gasteiger partial charge in [0, 0.05) is 0 Å². The normalized spacial score (nSPS) is 11.2. The van der Waals surface area contributed by atoms with E-state index in [1.807, 2.05) is 0 Å². The highest BCUT2D eigenvalue weighted by Crippen LogP contribution is 2.14. The number of aromatic nitrogens is 2. The number of alkyl halides is 3. The molecule has 0 bridgehead atoms. The first-order chi connectivity index (χ1) is 7.30. The molecule has 1 rings (SSSR count). The highest BCUT2D eigenvalue weighted by atomic mass is 19.4. The number of carbonyl (C=O) groups is 2. The van der Waals surface area contributed by atoms with Gasteiger partial charge < -0.3 is 14.9 Å². The molecule has 10 heteroatoms. The molecule has 2 N–H and O–H groups in total. The molecule has 0 fully saturated rings. The van der Waals surface area contributed by atoms with E-state index in [-0.39, 0.29) is 0 Å². The quantitative estimate of drug-likeness (QED) is 0.765. The monoisotopic (exact) mass is 239 g/mol. The zero-order valence-corrected chi connectivity index (χ0v) is 7.41. The summed E-state index contributed by atoms with van der Waals surface area (Å²) in [6.07, 6.45) is -5.02. The smallest absolute Gasteiger partial charge is 0.471 e. The third kappa shape index (κ3) is 2.93. The molecule has 0 aromatic carbocycles. The Kier molecular flexibility index (Phi) is 3.11. The maximum atomic E-state index is 11.7. The lowest BCUT2D eigenvalue weighted by Gasteiger charge is -2.04. The predicted octanol–water partition coefficient (Wildman–Crippen LogP) is -0.0537. The summed E-state index contributed by atoms with van der Waals surface area (Å²) in [6, 6.07) is 0. The number of carboxylic acids is 1. The molecule has 1 aromatic rings. The molecule has 0 aliphatic rings. The lowest BCUT2D eigenvalue weighted by Crippen LogP contribution is -2.36. The Labute approximate surface area is 85.2 Å². The van der Waals surface area contributed by atoms with Gasteiger partial charge in [0.15, 0.2) is 0 Å². The Morgan fingerprint density at radius 2 is 2.06 bits per heavy atom. The minimum absolute atomic E-state index is 0.435. The molecule has 0 saturated carbocycles. The minimum Gasteiger partial charge on any atom is -0.475 e. The Morgan fingerprint density at radius 3 is 2.50 bits per heavy atom. The lowest BCUT2D eigenvalue weighted by atomic mass is 10.5. The van der Waals surface area contributed by atoms with Crippen LogP contribution in [-0.4, -0.2) is 33.3 Å². The number of nitrogens with one attached hydrogen (secondary N) is 1. The fraction of sp³-hybridized carbons (Fsp3) is 0.333. The number of carbonyl (C=O) groups excluding carboxylic acids is 1. The fourth-order valence-electron chi connectivity index (χ4n) is 0.670. The average Bonchev–Trinajstić information content (AvgIpc) is 2.60. The Hall–Kier alpha value is -2.13. The van der Waals surface area contributed by atoms with Gasteiger partial charge in [-0.25, -0.2) is 4.79 Å². The van der Waals surface area contributed by atoms with Crippen LogP contribution < -0.4 is 5.32 Å². The number of aromatic carboxylic acids is 1. The Balaban J connectivity index is 2.55. The maximum Gasteiger partial charge on any atom is 0.471 e. The number of hydrogen-bond acceptors (Lipinski definition) is 5. The summed E-state index contributed by atoms with van der Waals surface area (Å²) in [5.41, 5.74) is 0. The second-order valence-electron chi connectivity index (χ2n) is 2.50. The highest BCUT2D eigenvalue weighted by molar-refractivity contribution is 5.83. The zero-order valence-electron chi connectivity index (χ0n) is 7.41. The van der Waals surface area contributed by atoms with Crippen LogP contribution in [0.2, 0.25) is 0 Å². The van der Waals surface area contributed by atoms with Crippen molar-refractivity contribution in [2.45, 2.75) is 12.7 Å². The van der Waals surface area contributed by atoms with Crippen LogP contribution >= 0.6 is 0 Å². The number of amides is 1. The van der Waals surface area contributed by atoms with Crippen molar-refractivity contribution in [1.82, 2.24) is 15.5 Å². The number of halogens is 3. The van der Waals surface area contributed by atoms with Gasteiger partial charge in [-0.2, -0.15) is 18.2 Å². The van der Waals surface area contributed by atoms with Crippen molar-refractivity contribution in [2.24, 2.45) is 0 Å². The van der Waals surface area contributed by atoms with Crippen LogP contribution in [0.5, 0.6) is 0 Å². The molecule has 0 aliphatic carbocycles. The van der Waals surface area contributed by atoms with E-state index in [4.69, 9.17) is 5.11 Å². The number of carboxylic acid groups (broad SMARTS) is 1. The third-order valence-electron chi connectivity index (χ3n) is 1.32. The number of hydrogen-bond donors (Lipinski definition) is 2. The van der Waals surface area contributed by atoms with E-state index in [0.29, 0.717) is 0 Å². The van der Waals surface area contributed by atoms with E-state index in [1.165, 1.54) is 5.32 Å². The van der Waals surface area contributed by atoms with E-state index in [0.717, 1.165) is 0 Å². The molecule has 0 spiro atoms. The summed E-state index contributed by atoms with van der Waals surface area (Å²) >= 11 is 0. The first-order valence-corrected chi connectivity index (χ1v) is 3.71. The zero-order chi connectivity index (χ0) is 12.3. The van der Waals surface area contributed by atoms with E-state index < -0.39 is 36.3 Å². The van der Waals surface area contributed by atoms with Gasteiger partial charge in [0.25, 0.3) is 5.82 Å². The van der Waals surface area contributed by atoms with Crippen molar-refractivity contribution >= 4 is 11.9 Å². The van der Waals surface area contributed by atoms with E-state index >= 15 is 0 Å². The van der Waals surface area contributed by atoms with Crippen molar-refractivity contribution in [3.8, 4) is 0 Å². The molecule has 88 valence electrons. The summed E-state index contributed by atoms with van der Waals surface area (Å²) in [5.74, 6) is -4.80. The van der Waals surface area contributed by atoms with Gasteiger partial charge in [-0.1, -0.05) is 0 Å². The highest BCUT2D eigenvalue weighted by Gasteiger charge is 2.38. The van der Waals surface area contributed by atoms with Crippen LogP contribution in [0.3, 0.4) is 0 Å². The molecule has 1 heterocycles. The van der Waals surface area contributed by atoms with Gasteiger partial charge in [0.05, 0.1) is 6.54 Å². The van der Waals surface area contributed by atoms with Gasteiger partial charge in [-0.15, -0.1) is 0 Å². The molecule has 7 nitrogen and oxygen atoms in total. The largest absolute Gasteiger partial charge is 0.475 e. The van der Waals surface area contributed by atoms with Crippen molar-refractivity contribution in [1.29, 1.82) is 0 Å². The van der Waals surface area contributed by atoms with E-state index in [9.17, 15) is 22.8 Å². The molecule has 1 aromatic heterocycles. The van der Waals surface area contributed by atoms with Crippen LogP contribution in [-0.2, 0) is 11.3 Å². The molecule has 0 atom stereocenters. The Morgan fingerprint density at radius 1 is 1.44 bits per heavy atom. The first kappa shape index (κ1) is 11.9. The second kappa shape index (κ2) is 4.16. The molecule has 0 radical (unpaired) electrons. The van der Waals surface area contributed by atoms with Crippen LogP contribution in [0.4, 0.5) is 13.2 Å². The molecule has 1 amide bonds. The number of rotatable bonds is 3. The lowest BCUT2D eigenvalue weighted by molar-refractivity contribution is -0.173. The van der Waals surface area contributed by atoms with Crippen molar-refractivity contribution in [3.05, 3.63) is 11.7 Å². The molecule has 0 unspecified atom stereocenters. The van der Waals surface area contributed by atoms with Gasteiger partial charge in [-0.3, -0.25) is 4.79 Å². The summed E-state index contributed by atoms with van der Waals surface area (Å²) in [4.78, 5) is 23.8. The SMILES string of the molecule is O=C(O)c1noc(CNC(=O)C(F)(F)F)n1. The molecular formula is C6H4F3N3O4. The summed E-state index contributed by atoms with van der Waals surface area (Å²) < 4.78 is 39.4. The summed E-state index contributed by atoms with van der Waals surface area (Å²) in [5, 5.41) is 12.7. The summed E-state index contributed by atoms with van der Waals surface area (Å²) in [6.45, 7) is -0.696. The van der Waals surface area contributed by atoms with Crippen LogP contribution in [0, 0.1) is 0 Å². The first-order valence-electron chi connectivity index (χ1n) is 3.71.